The van der Waals surface area contributed by atoms with Crippen LogP contribution in [0.1, 0.15) is 32.1 Å². The van der Waals surface area contributed by atoms with Crippen molar-refractivity contribution in [1.82, 2.24) is 10.6 Å². The van der Waals surface area contributed by atoms with Crippen LogP contribution < -0.4 is 15.5 Å². The smallest absolute Gasteiger partial charge is 0.409 e. The summed E-state index contributed by atoms with van der Waals surface area (Å²) in [4.78, 5) is 13.7. The number of nitrogens with one attached hydrogen (secondary N) is 2. The lowest BCUT2D eigenvalue weighted by atomic mass is 9.96. The van der Waals surface area contributed by atoms with E-state index in [0.29, 0.717) is 18.5 Å². The van der Waals surface area contributed by atoms with Gasteiger partial charge in [0.2, 0.25) is 0 Å². The van der Waals surface area contributed by atoms with Crippen molar-refractivity contribution in [2.45, 2.75) is 60.2 Å². The van der Waals surface area contributed by atoms with E-state index in [-0.39, 0.29) is 48.8 Å². The highest BCUT2D eigenvalue weighted by Crippen LogP contribution is 2.37. The van der Waals surface area contributed by atoms with E-state index in [2.05, 4.69) is 10.6 Å². The van der Waals surface area contributed by atoms with Gasteiger partial charge in [-0.25, -0.2) is 13.2 Å². The van der Waals surface area contributed by atoms with Gasteiger partial charge in [-0.1, -0.05) is 11.6 Å². The maximum Gasteiger partial charge on any atom is 0.409 e. The summed E-state index contributed by atoms with van der Waals surface area (Å²) in [5.41, 5.74) is -0.322. The number of sulfone groups is 1. The predicted molar refractivity (Wildman–Crippen MR) is 117 cm³/mol. The maximum atomic E-state index is 13.2. The van der Waals surface area contributed by atoms with Gasteiger partial charge in [0.15, 0.2) is 16.1 Å². The fourth-order valence-corrected chi connectivity index (χ4v) is 6.49. The topological polar surface area (TPSA) is 112 Å². The summed E-state index contributed by atoms with van der Waals surface area (Å²) in [6.45, 7) is 0.452. The maximum absolute atomic E-state index is 13.2. The van der Waals surface area contributed by atoms with Crippen LogP contribution in [0.5, 0.6) is 0 Å². The minimum atomic E-state index is -4.21. The molecule has 0 radical (unpaired) electrons. The highest BCUT2D eigenvalue weighted by atomic mass is 35.5. The molecular weight excluding hydrogens is 497 g/mol. The molecule has 1 aromatic rings. The number of amides is 1. The molecule has 3 aliphatic rings. The number of hydrogen-bond acceptors (Lipinski definition) is 7. The van der Waals surface area contributed by atoms with Crippen LogP contribution in [0.4, 0.5) is 23.7 Å². The number of nitrogens with zero attached hydrogens (tertiary/aromatic N) is 2. The molecule has 34 heavy (non-hydrogen) atoms. The summed E-state index contributed by atoms with van der Waals surface area (Å²) in [5, 5.41) is 13.5. The van der Waals surface area contributed by atoms with Gasteiger partial charge in [-0.05, 0) is 43.9 Å². The monoisotopic (exact) mass is 520 g/mol. The molecule has 2 saturated heterocycles. The quantitative estimate of drug-likeness (QED) is 0.612. The molecule has 0 aromatic heterocycles. The van der Waals surface area contributed by atoms with Crippen molar-refractivity contribution in [3.63, 3.8) is 0 Å². The van der Waals surface area contributed by atoms with Crippen molar-refractivity contribution >= 4 is 33.2 Å². The zero-order valence-electron chi connectivity index (χ0n) is 18.1. The molecule has 2 atom stereocenters. The Balaban J connectivity index is 1.37. The van der Waals surface area contributed by atoms with Crippen LogP contribution >= 0.6 is 11.6 Å². The number of alkyl halides is 3. The van der Waals surface area contributed by atoms with E-state index in [1.54, 1.807) is 11.0 Å². The summed E-state index contributed by atoms with van der Waals surface area (Å²) < 4.78 is 70.2. The van der Waals surface area contributed by atoms with Crippen molar-refractivity contribution in [3.8, 4) is 6.07 Å². The fraction of sp³-hybridized carbons (Fsp3) is 0.619. The van der Waals surface area contributed by atoms with E-state index in [1.807, 2.05) is 6.07 Å². The molecule has 0 bridgehead atoms. The van der Waals surface area contributed by atoms with Gasteiger partial charge in [0, 0.05) is 31.7 Å². The highest BCUT2D eigenvalue weighted by Gasteiger charge is 2.46. The van der Waals surface area contributed by atoms with Gasteiger partial charge in [0.25, 0.3) is 0 Å². The normalized spacial score (nSPS) is 25.0. The molecule has 2 heterocycles. The van der Waals surface area contributed by atoms with Crippen LogP contribution in [0.15, 0.2) is 23.1 Å². The molecule has 0 unspecified atom stereocenters. The largest absolute Gasteiger partial charge is 0.430 e. The van der Waals surface area contributed by atoms with Gasteiger partial charge < -0.3 is 15.0 Å². The number of nitriles is 1. The first kappa shape index (κ1) is 24.9. The molecule has 0 spiro atoms. The Kier molecular flexibility index (Phi) is 6.65. The third kappa shape index (κ3) is 5.21. The number of alkyl carbamates (subject to hydrolysis) is 1. The first-order chi connectivity index (χ1) is 15.9. The van der Waals surface area contributed by atoms with E-state index < -0.39 is 45.0 Å². The standard InChI is InChI=1S/C21H24ClF3N4O4S/c22-16-9-14(29-7-3-13(4-8-29)21(23,24)25)1-2-17(16)34(31,32)15-10-18(27-11-15)33-19(30)28-20(12-26)5-6-20/h1-2,9,13,15,18,27H,3-8,10-11H2,(H,28,30)/t15-,18+/m1/s1. The number of halogens is 4. The van der Waals surface area contributed by atoms with Gasteiger partial charge >= 0.3 is 12.3 Å². The number of ether oxygens (including phenoxy) is 1. The molecule has 186 valence electrons. The average molecular weight is 521 g/mol. The summed E-state index contributed by atoms with van der Waals surface area (Å²) >= 11 is 6.30. The van der Waals surface area contributed by atoms with Gasteiger partial charge in [-0.3, -0.25) is 5.32 Å². The van der Waals surface area contributed by atoms with Crippen molar-refractivity contribution in [1.29, 1.82) is 5.26 Å². The molecule has 3 fully saturated rings. The van der Waals surface area contributed by atoms with E-state index in [0.717, 1.165) is 0 Å². The Morgan fingerprint density at radius 1 is 1.29 bits per heavy atom. The van der Waals surface area contributed by atoms with Crippen molar-refractivity contribution in [2.24, 2.45) is 5.92 Å². The lowest BCUT2D eigenvalue weighted by Gasteiger charge is -2.34. The second kappa shape index (κ2) is 9.09. The van der Waals surface area contributed by atoms with Crippen LogP contribution in [0.3, 0.4) is 0 Å². The van der Waals surface area contributed by atoms with E-state index >= 15 is 0 Å². The van der Waals surface area contributed by atoms with Crippen molar-refractivity contribution in [3.05, 3.63) is 23.2 Å². The molecule has 1 saturated carbocycles. The Labute approximate surface area is 200 Å². The highest BCUT2D eigenvalue weighted by molar-refractivity contribution is 7.92. The van der Waals surface area contributed by atoms with Gasteiger partial charge in [0.05, 0.1) is 27.2 Å². The Morgan fingerprint density at radius 2 is 1.97 bits per heavy atom. The van der Waals surface area contributed by atoms with Crippen molar-refractivity contribution in [2.75, 3.05) is 24.5 Å². The van der Waals surface area contributed by atoms with Crippen molar-refractivity contribution < 1.29 is 31.1 Å². The van der Waals surface area contributed by atoms with E-state index in [1.165, 1.54) is 12.1 Å². The fourth-order valence-electron chi connectivity index (χ4n) is 4.30. The minimum absolute atomic E-state index is 0.0118. The molecule has 8 nitrogen and oxygen atoms in total. The number of rotatable bonds is 5. The Morgan fingerprint density at radius 3 is 2.53 bits per heavy atom. The summed E-state index contributed by atoms with van der Waals surface area (Å²) in [6, 6.07) is 6.39. The molecule has 1 aliphatic carbocycles. The Hall–Kier alpha value is -2.23. The number of carbonyl (C=O) groups is 1. The second-order valence-electron chi connectivity index (χ2n) is 8.94. The Bertz CT molecular complexity index is 1100. The molecule has 1 aromatic carbocycles. The van der Waals surface area contributed by atoms with E-state index in [9.17, 15) is 26.4 Å². The number of benzene rings is 1. The van der Waals surface area contributed by atoms with E-state index in [4.69, 9.17) is 21.6 Å². The first-order valence-electron chi connectivity index (χ1n) is 10.9. The molecule has 4 rings (SSSR count). The minimum Gasteiger partial charge on any atom is -0.430 e. The summed E-state index contributed by atoms with van der Waals surface area (Å²) in [7, 11) is -3.87. The lowest BCUT2D eigenvalue weighted by Crippen LogP contribution is -2.40. The van der Waals surface area contributed by atoms with Crippen LogP contribution in [0, 0.1) is 17.2 Å². The molecule has 2 aliphatic heterocycles. The zero-order valence-corrected chi connectivity index (χ0v) is 19.6. The number of hydrogen-bond donors (Lipinski definition) is 2. The van der Waals surface area contributed by atoms with Crippen LogP contribution in [-0.4, -0.2) is 57.3 Å². The van der Waals surface area contributed by atoms with Gasteiger partial charge in [-0.15, -0.1) is 0 Å². The summed E-state index contributed by atoms with van der Waals surface area (Å²) in [6.07, 6.45) is -4.79. The number of carbonyl (C=O) groups excluding carboxylic acids is 1. The summed E-state index contributed by atoms with van der Waals surface area (Å²) in [5.74, 6) is -1.33. The van der Waals surface area contributed by atoms with Gasteiger partial charge in [-0.2, -0.15) is 18.4 Å². The molecular formula is C21H24ClF3N4O4S. The van der Waals surface area contributed by atoms with Crippen LogP contribution in [0.2, 0.25) is 5.02 Å². The third-order valence-electron chi connectivity index (χ3n) is 6.59. The van der Waals surface area contributed by atoms with Crippen LogP contribution in [0.25, 0.3) is 0 Å². The zero-order chi connectivity index (χ0) is 24.7. The van der Waals surface area contributed by atoms with Crippen LogP contribution in [-0.2, 0) is 14.6 Å². The number of anilines is 1. The number of piperidine rings is 1. The molecule has 13 heteroatoms. The molecule has 2 N–H and O–H groups in total. The second-order valence-corrected chi connectivity index (χ2v) is 11.5. The predicted octanol–water partition coefficient (Wildman–Crippen LogP) is 3.36. The molecule has 1 amide bonds. The first-order valence-corrected chi connectivity index (χ1v) is 12.8. The third-order valence-corrected chi connectivity index (χ3v) is 9.22. The lowest BCUT2D eigenvalue weighted by molar-refractivity contribution is -0.179. The average Bonchev–Trinajstić information content (AvgIpc) is 3.38. The SMILES string of the molecule is N#CC1(NC(=O)O[C@H]2C[C@@H](S(=O)(=O)c3ccc(N4CCC(C(F)(F)F)CC4)cc3Cl)CN2)CC1. The van der Waals surface area contributed by atoms with Gasteiger partial charge in [0.1, 0.15) is 5.54 Å².